The van der Waals surface area contributed by atoms with Gasteiger partial charge in [0.05, 0.1) is 11.3 Å². The Bertz CT molecular complexity index is 822. The smallest absolute Gasteiger partial charge is 0.337 e. The second kappa shape index (κ2) is 6.96. The number of aromatic nitrogens is 1. The van der Waals surface area contributed by atoms with E-state index in [4.69, 9.17) is 9.84 Å². The molecule has 2 aromatic carbocycles. The summed E-state index contributed by atoms with van der Waals surface area (Å²) in [7, 11) is 0. The second-order valence-corrected chi connectivity index (χ2v) is 5.52. The summed E-state index contributed by atoms with van der Waals surface area (Å²) in [6.07, 6.45) is 1.33. The average molecular weight is 319 g/mol. The molecule has 0 unspecified atom stereocenters. The molecule has 0 atom stereocenters. The number of rotatable bonds is 5. The van der Waals surface area contributed by atoms with Crippen LogP contribution in [0.25, 0.3) is 11.1 Å². The van der Waals surface area contributed by atoms with E-state index in [1.165, 1.54) is 17.8 Å². The third-order valence-electron chi connectivity index (χ3n) is 3.70. The number of hydrogen-bond donors (Lipinski definition) is 1. The van der Waals surface area contributed by atoms with Crippen molar-refractivity contribution in [2.24, 2.45) is 0 Å². The topological polar surface area (TPSA) is 59.4 Å². The number of pyridine rings is 1. The van der Waals surface area contributed by atoms with Gasteiger partial charge in [0.15, 0.2) is 0 Å². The summed E-state index contributed by atoms with van der Waals surface area (Å²) >= 11 is 0. The van der Waals surface area contributed by atoms with E-state index in [9.17, 15) is 4.79 Å². The molecule has 120 valence electrons. The maximum absolute atomic E-state index is 10.8. The predicted octanol–water partition coefficient (Wildman–Crippen LogP) is 4.33. The Morgan fingerprint density at radius 2 is 1.58 bits per heavy atom. The molecule has 4 nitrogen and oxygen atoms in total. The number of benzene rings is 2. The standard InChI is InChI=1S/C20H17NO3/c1-14-2-4-15(5-3-14)16-7-10-19(11-8-16)24-13-18-9-6-17(12-21-18)20(22)23/h2-12H,13H2,1H3,(H,22,23). The highest BCUT2D eigenvalue weighted by molar-refractivity contribution is 5.87. The fourth-order valence-corrected chi connectivity index (χ4v) is 2.28. The van der Waals surface area contributed by atoms with Crippen molar-refractivity contribution in [2.75, 3.05) is 0 Å². The van der Waals surface area contributed by atoms with Gasteiger partial charge in [-0.05, 0) is 42.3 Å². The van der Waals surface area contributed by atoms with Crippen LogP contribution in [0.15, 0.2) is 66.9 Å². The fraction of sp³-hybridized carbons (Fsp3) is 0.100. The Morgan fingerprint density at radius 1 is 0.958 bits per heavy atom. The van der Waals surface area contributed by atoms with Crippen molar-refractivity contribution in [3.05, 3.63) is 83.7 Å². The van der Waals surface area contributed by atoms with Crippen LogP contribution >= 0.6 is 0 Å². The van der Waals surface area contributed by atoms with Crippen LogP contribution in [0.1, 0.15) is 21.6 Å². The first kappa shape index (κ1) is 15.7. The van der Waals surface area contributed by atoms with E-state index in [0.717, 1.165) is 16.9 Å². The fourth-order valence-electron chi connectivity index (χ4n) is 2.28. The monoisotopic (exact) mass is 319 g/mol. The summed E-state index contributed by atoms with van der Waals surface area (Å²) in [5.74, 6) is -0.239. The lowest BCUT2D eigenvalue weighted by Gasteiger charge is -2.07. The van der Waals surface area contributed by atoms with Crippen molar-refractivity contribution in [1.29, 1.82) is 0 Å². The molecule has 0 aliphatic heterocycles. The molecule has 0 aliphatic rings. The van der Waals surface area contributed by atoms with Gasteiger partial charge in [0.1, 0.15) is 12.4 Å². The molecular weight excluding hydrogens is 302 g/mol. The number of aryl methyl sites for hydroxylation is 1. The molecule has 3 aromatic rings. The molecule has 0 amide bonds. The van der Waals surface area contributed by atoms with E-state index in [-0.39, 0.29) is 5.56 Å². The highest BCUT2D eigenvalue weighted by Crippen LogP contribution is 2.23. The van der Waals surface area contributed by atoms with Gasteiger partial charge in [-0.1, -0.05) is 42.0 Å². The molecule has 3 rings (SSSR count). The summed E-state index contributed by atoms with van der Waals surface area (Å²) in [5, 5.41) is 8.85. The molecule has 0 radical (unpaired) electrons. The quantitative estimate of drug-likeness (QED) is 0.760. The lowest BCUT2D eigenvalue weighted by Crippen LogP contribution is -2.01. The Morgan fingerprint density at radius 3 is 2.12 bits per heavy atom. The van der Waals surface area contributed by atoms with E-state index in [1.807, 2.05) is 24.3 Å². The zero-order valence-electron chi connectivity index (χ0n) is 13.3. The van der Waals surface area contributed by atoms with E-state index < -0.39 is 5.97 Å². The number of nitrogens with zero attached hydrogens (tertiary/aromatic N) is 1. The zero-order chi connectivity index (χ0) is 16.9. The molecule has 4 heteroatoms. The molecule has 0 bridgehead atoms. The SMILES string of the molecule is Cc1ccc(-c2ccc(OCc3ccc(C(=O)O)cn3)cc2)cc1. The second-order valence-electron chi connectivity index (χ2n) is 5.52. The van der Waals surface area contributed by atoms with Crippen LogP contribution in [0.2, 0.25) is 0 Å². The van der Waals surface area contributed by atoms with E-state index in [0.29, 0.717) is 12.3 Å². The summed E-state index contributed by atoms with van der Waals surface area (Å²) in [5.41, 5.74) is 4.38. The van der Waals surface area contributed by atoms with Crippen molar-refractivity contribution in [3.8, 4) is 16.9 Å². The van der Waals surface area contributed by atoms with Gasteiger partial charge in [-0.15, -0.1) is 0 Å². The van der Waals surface area contributed by atoms with Gasteiger partial charge in [0.25, 0.3) is 0 Å². The van der Waals surface area contributed by atoms with Crippen LogP contribution < -0.4 is 4.74 Å². The Labute approximate surface area is 140 Å². The third-order valence-corrected chi connectivity index (χ3v) is 3.70. The minimum Gasteiger partial charge on any atom is -0.487 e. The van der Waals surface area contributed by atoms with Crippen LogP contribution in [-0.4, -0.2) is 16.1 Å². The Balaban J connectivity index is 1.63. The van der Waals surface area contributed by atoms with Gasteiger partial charge < -0.3 is 9.84 Å². The van der Waals surface area contributed by atoms with Crippen molar-refractivity contribution in [1.82, 2.24) is 4.98 Å². The maximum atomic E-state index is 10.8. The first-order valence-corrected chi connectivity index (χ1v) is 7.60. The molecule has 0 aliphatic carbocycles. The molecule has 0 saturated heterocycles. The number of carbonyl (C=O) groups is 1. The van der Waals surface area contributed by atoms with Gasteiger partial charge in [-0.2, -0.15) is 0 Å². The van der Waals surface area contributed by atoms with Gasteiger partial charge in [-0.3, -0.25) is 4.98 Å². The molecule has 1 N–H and O–H groups in total. The molecule has 24 heavy (non-hydrogen) atoms. The van der Waals surface area contributed by atoms with E-state index in [1.54, 1.807) is 6.07 Å². The molecular formula is C20H17NO3. The molecule has 0 spiro atoms. The van der Waals surface area contributed by atoms with Crippen molar-refractivity contribution in [2.45, 2.75) is 13.5 Å². The number of ether oxygens (including phenoxy) is 1. The zero-order valence-corrected chi connectivity index (χ0v) is 13.3. The largest absolute Gasteiger partial charge is 0.487 e. The summed E-state index contributed by atoms with van der Waals surface area (Å²) < 4.78 is 5.69. The minimum atomic E-state index is -0.985. The number of hydrogen-bond acceptors (Lipinski definition) is 3. The average Bonchev–Trinajstić information content (AvgIpc) is 2.61. The van der Waals surface area contributed by atoms with Crippen LogP contribution in [-0.2, 0) is 6.61 Å². The summed E-state index contributed by atoms with van der Waals surface area (Å²) in [4.78, 5) is 14.9. The highest BCUT2D eigenvalue weighted by Gasteiger charge is 2.04. The highest BCUT2D eigenvalue weighted by atomic mass is 16.5. The van der Waals surface area contributed by atoms with Gasteiger partial charge in [0.2, 0.25) is 0 Å². The molecule has 0 fully saturated rings. The van der Waals surface area contributed by atoms with Gasteiger partial charge in [-0.25, -0.2) is 4.79 Å². The van der Waals surface area contributed by atoms with E-state index >= 15 is 0 Å². The first-order chi connectivity index (χ1) is 11.6. The maximum Gasteiger partial charge on any atom is 0.337 e. The summed E-state index contributed by atoms with van der Waals surface area (Å²) in [6.45, 7) is 2.36. The van der Waals surface area contributed by atoms with Crippen LogP contribution in [0, 0.1) is 6.92 Å². The Hall–Kier alpha value is -3.14. The van der Waals surface area contributed by atoms with Gasteiger partial charge >= 0.3 is 5.97 Å². The lowest BCUT2D eigenvalue weighted by atomic mass is 10.0. The molecule has 0 saturated carbocycles. The number of carboxylic acids is 1. The van der Waals surface area contributed by atoms with E-state index in [2.05, 4.69) is 36.2 Å². The lowest BCUT2D eigenvalue weighted by molar-refractivity contribution is 0.0696. The van der Waals surface area contributed by atoms with Gasteiger partial charge in [0, 0.05) is 6.20 Å². The predicted molar refractivity (Wildman–Crippen MR) is 92.1 cm³/mol. The molecule has 1 aromatic heterocycles. The minimum absolute atomic E-state index is 0.168. The summed E-state index contributed by atoms with van der Waals surface area (Å²) in [6, 6.07) is 19.4. The number of aromatic carboxylic acids is 1. The van der Waals surface area contributed by atoms with Crippen LogP contribution in [0.3, 0.4) is 0 Å². The Kier molecular flexibility index (Phi) is 4.57. The number of carboxylic acid groups (broad SMARTS) is 1. The van der Waals surface area contributed by atoms with Crippen molar-refractivity contribution in [3.63, 3.8) is 0 Å². The normalized spacial score (nSPS) is 10.4. The van der Waals surface area contributed by atoms with Crippen molar-refractivity contribution >= 4 is 5.97 Å². The van der Waals surface area contributed by atoms with Crippen LogP contribution in [0.5, 0.6) is 5.75 Å². The third kappa shape index (κ3) is 3.79. The van der Waals surface area contributed by atoms with Crippen LogP contribution in [0.4, 0.5) is 0 Å². The first-order valence-electron chi connectivity index (χ1n) is 7.60. The molecule has 1 heterocycles. The van der Waals surface area contributed by atoms with Crippen molar-refractivity contribution < 1.29 is 14.6 Å².